The molecule has 21 heavy (non-hydrogen) atoms. The number of rotatable bonds is 4. The van der Waals surface area contributed by atoms with E-state index in [4.69, 9.17) is 11.6 Å². The van der Waals surface area contributed by atoms with Crippen LogP contribution in [0.25, 0.3) is 0 Å². The number of pyridine rings is 1. The van der Waals surface area contributed by atoms with Crippen LogP contribution in [0.4, 0.5) is 5.69 Å². The average Bonchev–Trinajstić information content (AvgIpc) is 2.92. The van der Waals surface area contributed by atoms with E-state index in [1.54, 1.807) is 11.8 Å². The SMILES string of the molecule is CC1CCCN1c1cc(Cl)nc(SCc2ccccc2)c1. The molecule has 0 N–H and O–H groups in total. The van der Waals surface area contributed by atoms with Crippen LogP contribution in [0.5, 0.6) is 0 Å². The second-order valence-corrected chi connectivity index (χ2v) is 6.83. The molecule has 0 saturated carbocycles. The summed E-state index contributed by atoms with van der Waals surface area (Å²) in [6.45, 7) is 3.39. The van der Waals surface area contributed by atoms with Crippen molar-refractivity contribution in [1.29, 1.82) is 0 Å². The molecule has 2 heterocycles. The normalized spacial score (nSPS) is 18.2. The molecule has 1 fully saturated rings. The van der Waals surface area contributed by atoms with E-state index in [9.17, 15) is 0 Å². The Labute approximate surface area is 135 Å². The number of hydrogen-bond donors (Lipinski definition) is 0. The Hall–Kier alpha value is -1.19. The monoisotopic (exact) mass is 318 g/mol. The summed E-state index contributed by atoms with van der Waals surface area (Å²) >= 11 is 7.95. The van der Waals surface area contributed by atoms with E-state index >= 15 is 0 Å². The minimum atomic E-state index is 0.585. The second kappa shape index (κ2) is 6.71. The first-order valence-electron chi connectivity index (χ1n) is 7.33. The Morgan fingerprint density at radius 1 is 1.29 bits per heavy atom. The third-order valence-corrected chi connectivity index (χ3v) is 5.05. The maximum absolute atomic E-state index is 6.21. The lowest BCUT2D eigenvalue weighted by molar-refractivity contribution is 0.733. The third kappa shape index (κ3) is 3.72. The van der Waals surface area contributed by atoms with E-state index in [0.717, 1.165) is 17.3 Å². The second-order valence-electron chi connectivity index (χ2n) is 5.45. The van der Waals surface area contributed by atoms with Gasteiger partial charge in [-0.3, -0.25) is 0 Å². The van der Waals surface area contributed by atoms with Gasteiger partial charge in [0.2, 0.25) is 0 Å². The summed E-state index contributed by atoms with van der Waals surface area (Å²) < 4.78 is 0. The number of nitrogens with zero attached hydrogens (tertiary/aromatic N) is 2. The van der Waals surface area contributed by atoms with Crippen LogP contribution in [-0.4, -0.2) is 17.6 Å². The van der Waals surface area contributed by atoms with E-state index in [0.29, 0.717) is 11.2 Å². The summed E-state index contributed by atoms with van der Waals surface area (Å²) in [6, 6.07) is 15.2. The van der Waals surface area contributed by atoms with Crippen molar-refractivity contribution in [3.63, 3.8) is 0 Å². The first-order chi connectivity index (χ1) is 10.2. The molecule has 1 aromatic heterocycles. The summed E-state index contributed by atoms with van der Waals surface area (Å²) in [4.78, 5) is 6.88. The summed E-state index contributed by atoms with van der Waals surface area (Å²) in [5.74, 6) is 0.920. The van der Waals surface area contributed by atoms with Crippen molar-refractivity contribution in [2.24, 2.45) is 0 Å². The van der Waals surface area contributed by atoms with Crippen LogP contribution in [0.15, 0.2) is 47.5 Å². The molecule has 3 rings (SSSR count). The quantitative estimate of drug-likeness (QED) is 0.582. The Kier molecular flexibility index (Phi) is 4.71. The zero-order valence-corrected chi connectivity index (χ0v) is 13.7. The van der Waals surface area contributed by atoms with Gasteiger partial charge in [-0.15, -0.1) is 11.8 Å². The van der Waals surface area contributed by atoms with E-state index in [2.05, 4.69) is 47.1 Å². The molecule has 1 unspecified atom stereocenters. The molecular formula is C17H19ClN2S. The Bertz CT molecular complexity index is 603. The standard InChI is InChI=1S/C17H19ClN2S/c1-13-6-5-9-20(13)15-10-16(18)19-17(11-15)21-12-14-7-3-2-4-8-14/h2-4,7-8,10-11,13H,5-6,9,12H2,1H3. The van der Waals surface area contributed by atoms with Crippen LogP contribution in [0.3, 0.4) is 0 Å². The predicted octanol–water partition coefficient (Wildman–Crippen LogP) is 5.02. The Balaban J connectivity index is 1.75. The van der Waals surface area contributed by atoms with Gasteiger partial charge >= 0.3 is 0 Å². The zero-order chi connectivity index (χ0) is 14.7. The van der Waals surface area contributed by atoms with Crippen LogP contribution in [0.1, 0.15) is 25.3 Å². The first-order valence-corrected chi connectivity index (χ1v) is 8.70. The topological polar surface area (TPSA) is 16.1 Å². The number of anilines is 1. The predicted molar refractivity (Wildman–Crippen MR) is 91.3 cm³/mol. The molecule has 2 nitrogen and oxygen atoms in total. The molecule has 1 atom stereocenters. The molecule has 1 aliphatic rings. The van der Waals surface area contributed by atoms with Crippen molar-refractivity contribution >= 4 is 29.1 Å². The highest BCUT2D eigenvalue weighted by molar-refractivity contribution is 7.98. The van der Waals surface area contributed by atoms with Crippen molar-refractivity contribution in [2.45, 2.75) is 36.6 Å². The van der Waals surface area contributed by atoms with Gasteiger partial charge in [0.05, 0.1) is 0 Å². The van der Waals surface area contributed by atoms with E-state index < -0.39 is 0 Å². The number of halogens is 1. The fourth-order valence-corrected chi connectivity index (χ4v) is 3.88. The fraction of sp³-hybridized carbons (Fsp3) is 0.353. The summed E-state index contributed by atoms with van der Waals surface area (Å²) in [7, 11) is 0. The Morgan fingerprint density at radius 3 is 2.81 bits per heavy atom. The highest BCUT2D eigenvalue weighted by Crippen LogP contribution is 2.31. The molecule has 0 spiro atoms. The maximum atomic E-state index is 6.21. The van der Waals surface area contributed by atoms with Crippen LogP contribution in [0.2, 0.25) is 5.15 Å². The highest BCUT2D eigenvalue weighted by atomic mass is 35.5. The zero-order valence-electron chi connectivity index (χ0n) is 12.1. The lowest BCUT2D eigenvalue weighted by Crippen LogP contribution is -2.26. The number of hydrogen-bond acceptors (Lipinski definition) is 3. The van der Waals surface area contributed by atoms with Crippen LogP contribution < -0.4 is 4.90 Å². The molecule has 0 bridgehead atoms. The van der Waals surface area contributed by atoms with E-state index in [-0.39, 0.29) is 0 Å². The lowest BCUT2D eigenvalue weighted by Gasteiger charge is -2.24. The van der Waals surface area contributed by atoms with Crippen molar-refractivity contribution < 1.29 is 0 Å². The molecule has 0 radical (unpaired) electrons. The molecule has 2 aromatic rings. The molecule has 1 aliphatic heterocycles. The largest absolute Gasteiger partial charge is 0.369 e. The maximum Gasteiger partial charge on any atom is 0.132 e. The lowest BCUT2D eigenvalue weighted by atomic mass is 10.2. The minimum Gasteiger partial charge on any atom is -0.369 e. The van der Waals surface area contributed by atoms with Gasteiger partial charge in [0.15, 0.2) is 0 Å². The van der Waals surface area contributed by atoms with E-state index in [1.807, 2.05) is 12.1 Å². The number of benzene rings is 1. The van der Waals surface area contributed by atoms with Gasteiger partial charge in [0, 0.05) is 24.0 Å². The van der Waals surface area contributed by atoms with Crippen molar-refractivity contribution in [3.8, 4) is 0 Å². The van der Waals surface area contributed by atoms with Gasteiger partial charge in [-0.1, -0.05) is 41.9 Å². The molecule has 110 valence electrons. The molecule has 1 aromatic carbocycles. The molecule has 1 saturated heterocycles. The van der Waals surface area contributed by atoms with Gasteiger partial charge in [-0.2, -0.15) is 0 Å². The van der Waals surface area contributed by atoms with Crippen molar-refractivity contribution in [2.75, 3.05) is 11.4 Å². The molecule has 0 aliphatic carbocycles. The summed E-state index contributed by atoms with van der Waals surface area (Å²) in [5, 5.41) is 1.59. The summed E-state index contributed by atoms with van der Waals surface area (Å²) in [5.41, 5.74) is 2.51. The van der Waals surface area contributed by atoms with Crippen LogP contribution in [0, 0.1) is 0 Å². The smallest absolute Gasteiger partial charge is 0.132 e. The number of aromatic nitrogens is 1. The third-order valence-electron chi connectivity index (χ3n) is 3.87. The first kappa shape index (κ1) is 14.7. The van der Waals surface area contributed by atoms with Gasteiger partial charge < -0.3 is 4.90 Å². The van der Waals surface area contributed by atoms with Gasteiger partial charge in [-0.25, -0.2) is 4.98 Å². The van der Waals surface area contributed by atoms with Crippen LogP contribution in [-0.2, 0) is 5.75 Å². The minimum absolute atomic E-state index is 0.585. The average molecular weight is 319 g/mol. The van der Waals surface area contributed by atoms with E-state index in [1.165, 1.54) is 24.1 Å². The molecular weight excluding hydrogens is 300 g/mol. The van der Waals surface area contributed by atoms with Crippen molar-refractivity contribution in [1.82, 2.24) is 4.98 Å². The highest BCUT2D eigenvalue weighted by Gasteiger charge is 2.21. The Morgan fingerprint density at radius 2 is 2.10 bits per heavy atom. The van der Waals surface area contributed by atoms with Gasteiger partial charge in [0.25, 0.3) is 0 Å². The fourth-order valence-electron chi connectivity index (χ4n) is 2.75. The van der Waals surface area contributed by atoms with Crippen LogP contribution >= 0.6 is 23.4 Å². The van der Waals surface area contributed by atoms with Gasteiger partial charge in [-0.05, 0) is 37.5 Å². The van der Waals surface area contributed by atoms with Crippen molar-refractivity contribution in [3.05, 3.63) is 53.2 Å². The number of thioether (sulfide) groups is 1. The summed E-state index contributed by atoms with van der Waals surface area (Å²) in [6.07, 6.45) is 2.51. The molecule has 0 amide bonds. The molecule has 4 heteroatoms. The van der Waals surface area contributed by atoms with Gasteiger partial charge in [0.1, 0.15) is 10.2 Å².